The summed E-state index contributed by atoms with van der Waals surface area (Å²) in [5, 5.41) is 10.9. The number of carbonyl (C=O) groups is 1. The fourth-order valence-corrected chi connectivity index (χ4v) is 3.14. The summed E-state index contributed by atoms with van der Waals surface area (Å²) in [7, 11) is 0. The Morgan fingerprint density at radius 1 is 1.62 bits per heavy atom. The minimum atomic E-state index is -0.823. The van der Waals surface area contributed by atoms with Gasteiger partial charge in [0.2, 0.25) is 0 Å². The predicted molar refractivity (Wildman–Crippen MR) is 66.5 cm³/mol. The Morgan fingerprint density at radius 3 is 2.94 bits per heavy atom. The molecule has 1 aliphatic rings. The van der Waals surface area contributed by atoms with Crippen LogP contribution in [0.1, 0.15) is 36.4 Å². The van der Waals surface area contributed by atoms with E-state index in [9.17, 15) is 4.79 Å². The van der Waals surface area contributed by atoms with E-state index in [4.69, 9.17) is 5.11 Å². The number of anilines is 1. The van der Waals surface area contributed by atoms with Crippen molar-refractivity contribution in [2.75, 3.05) is 11.4 Å². The molecule has 1 atom stereocenters. The van der Waals surface area contributed by atoms with E-state index in [1.807, 2.05) is 5.38 Å². The number of carboxylic acids is 1. The second-order valence-corrected chi connectivity index (χ2v) is 5.53. The van der Waals surface area contributed by atoms with Gasteiger partial charge in [-0.2, -0.15) is 0 Å². The van der Waals surface area contributed by atoms with Crippen molar-refractivity contribution in [3.8, 4) is 0 Å². The third-order valence-electron chi connectivity index (χ3n) is 3.20. The average Bonchev–Trinajstić information content (AvgIpc) is 2.86. The Bertz CT molecular complexity index is 386. The molecule has 2 rings (SSSR count). The topological polar surface area (TPSA) is 40.5 Å². The Morgan fingerprint density at radius 2 is 2.38 bits per heavy atom. The summed E-state index contributed by atoms with van der Waals surface area (Å²) in [6, 6.07) is 2.37. The van der Waals surface area contributed by atoms with Gasteiger partial charge >= 0.3 is 5.97 Å². The smallest absolute Gasteiger partial charge is 0.345 e. The lowest BCUT2D eigenvalue weighted by Crippen LogP contribution is -2.32. The molecule has 0 spiro atoms. The third kappa shape index (κ3) is 2.07. The van der Waals surface area contributed by atoms with Crippen LogP contribution in [0.15, 0.2) is 11.4 Å². The summed E-state index contributed by atoms with van der Waals surface area (Å²) >= 11 is 1.32. The number of aromatic carboxylic acids is 1. The van der Waals surface area contributed by atoms with Crippen molar-refractivity contribution in [3.63, 3.8) is 0 Å². The molecule has 0 aliphatic carbocycles. The summed E-state index contributed by atoms with van der Waals surface area (Å²) in [5.41, 5.74) is 1.08. The minimum absolute atomic E-state index is 0.435. The number of carboxylic acid groups (broad SMARTS) is 1. The molecule has 1 aromatic heterocycles. The Balaban J connectivity index is 2.19. The second kappa shape index (κ2) is 4.45. The summed E-state index contributed by atoms with van der Waals surface area (Å²) in [4.78, 5) is 13.6. The van der Waals surface area contributed by atoms with Crippen LogP contribution in [-0.4, -0.2) is 23.7 Å². The monoisotopic (exact) mass is 239 g/mol. The van der Waals surface area contributed by atoms with E-state index in [0.717, 1.165) is 12.2 Å². The molecule has 0 radical (unpaired) electrons. The van der Waals surface area contributed by atoms with Gasteiger partial charge in [0.1, 0.15) is 4.88 Å². The van der Waals surface area contributed by atoms with Gasteiger partial charge in [-0.05, 0) is 24.8 Å². The van der Waals surface area contributed by atoms with Crippen LogP contribution in [0.2, 0.25) is 0 Å². The Kier molecular flexibility index (Phi) is 3.19. The van der Waals surface area contributed by atoms with Crippen molar-refractivity contribution in [2.45, 2.75) is 32.7 Å². The van der Waals surface area contributed by atoms with Gasteiger partial charge in [0.05, 0.1) is 0 Å². The van der Waals surface area contributed by atoms with Crippen molar-refractivity contribution >= 4 is 23.0 Å². The normalized spacial score (nSPS) is 20.7. The zero-order chi connectivity index (χ0) is 11.7. The summed E-state index contributed by atoms with van der Waals surface area (Å²) in [6.07, 6.45) is 2.43. The summed E-state index contributed by atoms with van der Waals surface area (Å²) in [6.45, 7) is 5.51. The molecular weight excluding hydrogens is 222 g/mol. The molecular formula is C12H17NO2S. The average molecular weight is 239 g/mol. The van der Waals surface area contributed by atoms with E-state index in [-0.39, 0.29) is 0 Å². The van der Waals surface area contributed by atoms with Gasteiger partial charge in [0.15, 0.2) is 0 Å². The van der Waals surface area contributed by atoms with Crippen molar-refractivity contribution in [3.05, 3.63) is 16.3 Å². The number of hydrogen-bond acceptors (Lipinski definition) is 3. The molecule has 88 valence electrons. The fraction of sp³-hybridized carbons (Fsp3) is 0.583. The number of thiophene rings is 1. The van der Waals surface area contributed by atoms with Crippen molar-refractivity contribution in [1.82, 2.24) is 0 Å². The second-order valence-electron chi connectivity index (χ2n) is 4.62. The lowest BCUT2D eigenvalue weighted by Gasteiger charge is -2.28. The maximum absolute atomic E-state index is 10.8. The maximum atomic E-state index is 10.8. The van der Waals surface area contributed by atoms with E-state index in [1.54, 1.807) is 6.07 Å². The van der Waals surface area contributed by atoms with Crippen LogP contribution in [0.4, 0.5) is 5.69 Å². The predicted octanol–water partition coefficient (Wildman–Crippen LogP) is 3.07. The van der Waals surface area contributed by atoms with Crippen LogP contribution in [-0.2, 0) is 0 Å². The van der Waals surface area contributed by atoms with Crippen LogP contribution in [0.5, 0.6) is 0 Å². The van der Waals surface area contributed by atoms with Gasteiger partial charge in [0.25, 0.3) is 0 Å². The Hall–Kier alpha value is -1.03. The van der Waals surface area contributed by atoms with E-state index in [0.29, 0.717) is 16.8 Å². The van der Waals surface area contributed by atoms with Crippen molar-refractivity contribution in [2.24, 2.45) is 5.92 Å². The first kappa shape index (κ1) is 11.5. The zero-order valence-electron chi connectivity index (χ0n) is 9.64. The highest BCUT2D eigenvalue weighted by atomic mass is 32.1. The number of hydrogen-bond donors (Lipinski definition) is 1. The van der Waals surface area contributed by atoms with E-state index >= 15 is 0 Å². The third-order valence-corrected chi connectivity index (χ3v) is 4.10. The molecule has 0 saturated carbocycles. The molecule has 0 amide bonds. The van der Waals surface area contributed by atoms with Crippen molar-refractivity contribution in [1.29, 1.82) is 0 Å². The maximum Gasteiger partial charge on any atom is 0.345 e. The Labute approximate surface area is 99.7 Å². The zero-order valence-corrected chi connectivity index (χ0v) is 10.5. The molecule has 16 heavy (non-hydrogen) atoms. The quantitative estimate of drug-likeness (QED) is 0.881. The van der Waals surface area contributed by atoms with Gasteiger partial charge < -0.3 is 10.0 Å². The molecule has 1 saturated heterocycles. The number of rotatable bonds is 3. The van der Waals surface area contributed by atoms with Crippen LogP contribution in [0.25, 0.3) is 0 Å². The van der Waals surface area contributed by atoms with Crippen LogP contribution in [0, 0.1) is 5.92 Å². The van der Waals surface area contributed by atoms with Gasteiger partial charge in [-0.25, -0.2) is 4.79 Å². The van der Waals surface area contributed by atoms with Crippen LogP contribution >= 0.6 is 11.3 Å². The number of nitrogens with zero attached hydrogens (tertiary/aromatic N) is 1. The molecule has 1 aromatic rings. The highest BCUT2D eigenvalue weighted by Crippen LogP contribution is 2.32. The standard InChI is InChI=1S/C12H17NO2S/c1-8(2)10-4-3-5-13(10)9-6-11(12(14)15)16-7-9/h6-8,10H,3-5H2,1-2H3,(H,14,15). The molecule has 1 unspecified atom stereocenters. The SMILES string of the molecule is CC(C)C1CCCN1c1csc(C(=O)O)c1. The van der Waals surface area contributed by atoms with E-state index in [1.165, 1.54) is 24.2 Å². The minimum Gasteiger partial charge on any atom is -0.477 e. The molecule has 1 fully saturated rings. The summed E-state index contributed by atoms with van der Waals surface area (Å²) in [5.74, 6) is -0.202. The highest BCUT2D eigenvalue weighted by Gasteiger charge is 2.28. The first-order valence-electron chi connectivity index (χ1n) is 5.68. The fourth-order valence-electron chi connectivity index (χ4n) is 2.40. The summed E-state index contributed by atoms with van der Waals surface area (Å²) < 4.78 is 0. The van der Waals surface area contributed by atoms with E-state index < -0.39 is 5.97 Å². The molecule has 3 nitrogen and oxygen atoms in total. The van der Waals surface area contributed by atoms with Crippen LogP contribution in [0.3, 0.4) is 0 Å². The molecule has 0 aromatic carbocycles. The first-order valence-corrected chi connectivity index (χ1v) is 6.56. The highest BCUT2D eigenvalue weighted by molar-refractivity contribution is 7.12. The first-order chi connectivity index (χ1) is 7.59. The molecule has 1 aliphatic heterocycles. The van der Waals surface area contributed by atoms with Crippen molar-refractivity contribution < 1.29 is 9.90 Å². The van der Waals surface area contributed by atoms with E-state index in [2.05, 4.69) is 18.7 Å². The molecule has 4 heteroatoms. The molecule has 2 heterocycles. The lowest BCUT2D eigenvalue weighted by atomic mass is 10.0. The van der Waals surface area contributed by atoms with Gasteiger partial charge in [0, 0.05) is 23.7 Å². The van der Waals surface area contributed by atoms with Gasteiger partial charge in [-0.3, -0.25) is 0 Å². The largest absolute Gasteiger partial charge is 0.477 e. The van der Waals surface area contributed by atoms with Crippen LogP contribution < -0.4 is 4.90 Å². The lowest BCUT2D eigenvalue weighted by molar-refractivity contribution is 0.0702. The molecule has 0 bridgehead atoms. The molecule has 1 N–H and O–H groups in total. The van der Waals surface area contributed by atoms with Gasteiger partial charge in [-0.15, -0.1) is 11.3 Å². The van der Waals surface area contributed by atoms with Gasteiger partial charge in [-0.1, -0.05) is 13.8 Å².